The smallest absolute Gasteiger partial charge is 0.265 e. The van der Waals surface area contributed by atoms with Crippen molar-refractivity contribution in [1.82, 2.24) is 10.2 Å². The summed E-state index contributed by atoms with van der Waals surface area (Å²) in [5, 5.41) is 15.9. The van der Waals surface area contributed by atoms with Crippen molar-refractivity contribution in [2.45, 2.75) is 25.7 Å². The zero-order valence-corrected chi connectivity index (χ0v) is 11.7. The van der Waals surface area contributed by atoms with Crippen LogP contribution in [0.2, 0.25) is 0 Å². The highest BCUT2D eigenvalue weighted by Crippen LogP contribution is 2.24. The van der Waals surface area contributed by atoms with Gasteiger partial charge in [0.25, 0.3) is 10.0 Å². The van der Waals surface area contributed by atoms with E-state index in [9.17, 15) is 13.5 Å². The van der Waals surface area contributed by atoms with E-state index in [0.29, 0.717) is 22.6 Å². The van der Waals surface area contributed by atoms with Crippen LogP contribution < -0.4 is 4.72 Å². The second kappa shape index (κ2) is 4.58. The van der Waals surface area contributed by atoms with Gasteiger partial charge in [-0.3, -0.25) is 9.82 Å². The molecule has 0 atom stereocenters. The van der Waals surface area contributed by atoms with E-state index in [4.69, 9.17) is 0 Å². The number of phenols is 1. The molecule has 1 heterocycles. The van der Waals surface area contributed by atoms with E-state index in [2.05, 4.69) is 14.9 Å². The van der Waals surface area contributed by atoms with Crippen molar-refractivity contribution in [1.29, 1.82) is 0 Å². The van der Waals surface area contributed by atoms with E-state index < -0.39 is 10.0 Å². The van der Waals surface area contributed by atoms with Crippen molar-refractivity contribution in [3.63, 3.8) is 0 Å². The molecule has 7 heteroatoms. The number of aromatic amines is 1. The van der Waals surface area contributed by atoms with Crippen molar-refractivity contribution in [2.24, 2.45) is 0 Å². The number of nitrogens with zero attached hydrogens (tertiary/aromatic N) is 1. The lowest BCUT2D eigenvalue weighted by molar-refractivity contribution is 0.471. The van der Waals surface area contributed by atoms with Gasteiger partial charge in [-0.05, 0) is 44.5 Å². The highest BCUT2D eigenvalue weighted by molar-refractivity contribution is 7.92. The first kappa shape index (κ1) is 13.4. The van der Waals surface area contributed by atoms with Gasteiger partial charge in [0.2, 0.25) is 0 Å². The van der Waals surface area contributed by atoms with Crippen molar-refractivity contribution >= 4 is 15.7 Å². The summed E-state index contributed by atoms with van der Waals surface area (Å²) in [6.07, 6.45) is 0. The van der Waals surface area contributed by atoms with Crippen LogP contribution in [-0.2, 0) is 10.0 Å². The minimum Gasteiger partial charge on any atom is -0.508 e. The van der Waals surface area contributed by atoms with E-state index in [1.807, 2.05) is 0 Å². The van der Waals surface area contributed by atoms with Crippen LogP contribution in [0.4, 0.5) is 5.69 Å². The number of benzene rings is 1. The number of aromatic hydroxyl groups is 1. The topological polar surface area (TPSA) is 95.1 Å². The molecule has 0 amide bonds. The maximum Gasteiger partial charge on any atom is 0.265 e. The molecule has 3 N–H and O–H groups in total. The molecule has 2 aromatic rings. The Labute approximate surface area is 111 Å². The van der Waals surface area contributed by atoms with Gasteiger partial charge < -0.3 is 5.11 Å². The summed E-state index contributed by atoms with van der Waals surface area (Å²) in [6.45, 7) is 4.97. The zero-order chi connectivity index (χ0) is 14.2. The Hall–Kier alpha value is -2.02. The van der Waals surface area contributed by atoms with Crippen LogP contribution >= 0.6 is 0 Å². The molecule has 0 aliphatic rings. The predicted octanol–water partition coefficient (Wildman–Crippen LogP) is 1.84. The molecule has 0 fully saturated rings. The Morgan fingerprint density at radius 1 is 1.26 bits per heavy atom. The number of H-pyrrole nitrogens is 1. The Balaban J connectivity index is 2.39. The number of anilines is 1. The summed E-state index contributed by atoms with van der Waals surface area (Å²) in [6, 6.07) is 4.52. The second-order valence-corrected chi connectivity index (χ2v) is 5.99. The van der Waals surface area contributed by atoms with Gasteiger partial charge in [0.05, 0.1) is 11.4 Å². The maximum atomic E-state index is 12.3. The number of hydrogen-bond donors (Lipinski definition) is 3. The van der Waals surface area contributed by atoms with Gasteiger partial charge in [-0.2, -0.15) is 5.10 Å². The average Bonchev–Trinajstić information content (AvgIpc) is 2.64. The molecule has 1 aromatic carbocycles. The molecule has 0 radical (unpaired) electrons. The summed E-state index contributed by atoms with van der Waals surface area (Å²) < 4.78 is 27.0. The molecule has 0 aliphatic heterocycles. The van der Waals surface area contributed by atoms with E-state index in [-0.39, 0.29) is 10.6 Å². The van der Waals surface area contributed by atoms with Gasteiger partial charge >= 0.3 is 0 Å². The van der Waals surface area contributed by atoms with Crippen LogP contribution in [0.3, 0.4) is 0 Å². The standard InChI is InChI=1S/C12H15N3O3S/c1-7-6-10(4-5-11(7)16)15-19(17,18)12-8(2)13-14-9(12)3/h4-6,15-16H,1-3H3,(H,13,14). The molecule has 19 heavy (non-hydrogen) atoms. The fourth-order valence-electron chi connectivity index (χ4n) is 1.86. The van der Waals surface area contributed by atoms with Gasteiger partial charge in [-0.1, -0.05) is 0 Å². The number of hydrogen-bond acceptors (Lipinski definition) is 4. The minimum absolute atomic E-state index is 0.124. The first-order valence-corrected chi connectivity index (χ1v) is 7.13. The van der Waals surface area contributed by atoms with Gasteiger partial charge in [0.15, 0.2) is 0 Å². The highest BCUT2D eigenvalue weighted by Gasteiger charge is 2.22. The number of aryl methyl sites for hydroxylation is 3. The number of sulfonamides is 1. The maximum absolute atomic E-state index is 12.3. The SMILES string of the molecule is Cc1cc(NS(=O)(=O)c2c(C)n[nH]c2C)ccc1O. The lowest BCUT2D eigenvalue weighted by Gasteiger charge is -2.09. The van der Waals surface area contributed by atoms with Gasteiger partial charge in [0, 0.05) is 5.69 Å². The van der Waals surface area contributed by atoms with Crippen LogP contribution in [0.15, 0.2) is 23.1 Å². The molecule has 0 saturated heterocycles. The number of nitrogens with one attached hydrogen (secondary N) is 2. The van der Waals surface area contributed by atoms with Crippen LogP contribution in [0, 0.1) is 20.8 Å². The van der Waals surface area contributed by atoms with Crippen molar-refractivity contribution in [2.75, 3.05) is 4.72 Å². The van der Waals surface area contributed by atoms with E-state index in [1.54, 1.807) is 26.8 Å². The van der Waals surface area contributed by atoms with Crippen LogP contribution in [0.25, 0.3) is 0 Å². The van der Waals surface area contributed by atoms with Crippen molar-refractivity contribution in [3.05, 3.63) is 35.2 Å². The monoisotopic (exact) mass is 281 g/mol. The summed E-state index contributed by atoms with van der Waals surface area (Å²) in [5.41, 5.74) is 1.90. The van der Waals surface area contributed by atoms with Crippen molar-refractivity contribution in [3.8, 4) is 5.75 Å². The molecule has 0 bridgehead atoms. The molecular weight excluding hydrogens is 266 g/mol. The summed E-state index contributed by atoms with van der Waals surface area (Å²) in [5.74, 6) is 0.124. The molecule has 2 rings (SSSR count). The van der Waals surface area contributed by atoms with Gasteiger partial charge in [0.1, 0.15) is 10.6 Å². The van der Waals surface area contributed by atoms with Crippen LogP contribution in [-0.4, -0.2) is 23.7 Å². The fraction of sp³-hybridized carbons (Fsp3) is 0.250. The van der Waals surface area contributed by atoms with Crippen LogP contribution in [0.1, 0.15) is 17.0 Å². The normalized spacial score (nSPS) is 11.5. The number of aromatic nitrogens is 2. The Morgan fingerprint density at radius 3 is 2.47 bits per heavy atom. The van der Waals surface area contributed by atoms with Crippen LogP contribution in [0.5, 0.6) is 5.75 Å². The Morgan fingerprint density at radius 2 is 1.95 bits per heavy atom. The van der Waals surface area contributed by atoms with Gasteiger partial charge in [-0.15, -0.1) is 0 Å². The molecule has 102 valence electrons. The Kier molecular flexibility index (Phi) is 3.23. The molecular formula is C12H15N3O3S. The average molecular weight is 281 g/mol. The lowest BCUT2D eigenvalue weighted by atomic mass is 10.2. The third-order valence-electron chi connectivity index (χ3n) is 2.78. The first-order chi connectivity index (χ1) is 8.81. The lowest BCUT2D eigenvalue weighted by Crippen LogP contribution is -2.14. The van der Waals surface area contributed by atoms with Gasteiger partial charge in [-0.25, -0.2) is 8.42 Å². The van der Waals surface area contributed by atoms with E-state index >= 15 is 0 Å². The summed E-state index contributed by atoms with van der Waals surface area (Å²) in [7, 11) is -3.69. The number of rotatable bonds is 3. The first-order valence-electron chi connectivity index (χ1n) is 5.65. The highest BCUT2D eigenvalue weighted by atomic mass is 32.2. The largest absolute Gasteiger partial charge is 0.508 e. The summed E-state index contributed by atoms with van der Waals surface area (Å²) in [4.78, 5) is 0.151. The molecule has 0 unspecified atom stereocenters. The third kappa shape index (κ3) is 2.55. The molecule has 1 aromatic heterocycles. The minimum atomic E-state index is -3.69. The quantitative estimate of drug-likeness (QED) is 0.748. The molecule has 0 aliphatic carbocycles. The zero-order valence-electron chi connectivity index (χ0n) is 10.9. The summed E-state index contributed by atoms with van der Waals surface area (Å²) >= 11 is 0. The Bertz CT molecular complexity index is 700. The molecule has 0 spiro atoms. The molecule has 6 nitrogen and oxygen atoms in total. The van der Waals surface area contributed by atoms with E-state index in [1.165, 1.54) is 12.1 Å². The molecule has 0 saturated carbocycles. The third-order valence-corrected chi connectivity index (χ3v) is 4.42. The van der Waals surface area contributed by atoms with E-state index in [0.717, 1.165) is 0 Å². The number of phenolic OH excluding ortho intramolecular Hbond substituents is 1. The second-order valence-electron chi connectivity index (χ2n) is 4.37. The fourth-order valence-corrected chi connectivity index (χ4v) is 3.28. The van der Waals surface area contributed by atoms with Crippen molar-refractivity contribution < 1.29 is 13.5 Å². The predicted molar refractivity (Wildman–Crippen MR) is 71.7 cm³/mol.